The fourth-order valence-electron chi connectivity index (χ4n) is 1.57. The van der Waals surface area contributed by atoms with Gasteiger partial charge in [0.2, 0.25) is 0 Å². The number of allylic oxidation sites excluding steroid dienone is 4. The molecular formula is C10H12N2. The Morgan fingerprint density at radius 2 is 2.33 bits per heavy atom. The Kier molecular flexibility index (Phi) is 1.61. The highest BCUT2D eigenvalue weighted by molar-refractivity contribution is 6.10. The molecule has 2 heteroatoms. The third kappa shape index (κ3) is 1.09. The van der Waals surface area contributed by atoms with Crippen molar-refractivity contribution in [2.75, 3.05) is 13.6 Å². The summed E-state index contributed by atoms with van der Waals surface area (Å²) in [7, 11) is 2.05. The van der Waals surface area contributed by atoms with Crippen molar-refractivity contribution in [3.8, 4) is 0 Å². The van der Waals surface area contributed by atoms with Gasteiger partial charge in [-0.15, -0.1) is 0 Å². The van der Waals surface area contributed by atoms with Crippen LogP contribution < -0.4 is 0 Å². The molecule has 2 aliphatic rings. The molecule has 0 unspecified atom stereocenters. The minimum Gasteiger partial charge on any atom is -0.380 e. The highest BCUT2D eigenvalue weighted by Crippen LogP contribution is 2.24. The Morgan fingerprint density at radius 1 is 1.50 bits per heavy atom. The molecule has 0 spiro atoms. The molecule has 0 amide bonds. The molecule has 62 valence electrons. The van der Waals surface area contributed by atoms with Crippen molar-refractivity contribution < 1.29 is 0 Å². The third-order valence-corrected chi connectivity index (χ3v) is 2.28. The molecular weight excluding hydrogens is 148 g/mol. The molecule has 2 nitrogen and oxygen atoms in total. The van der Waals surface area contributed by atoms with Crippen LogP contribution in [-0.4, -0.2) is 24.2 Å². The first kappa shape index (κ1) is 7.35. The Bertz CT molecular complexity index is 308. The summed E-state index contributed by atoms with van der Waals surface area (Å²) < 4.78 is 0. The van der Waals surface area contributed by atoms with E-state index in [9.17, 15) is 0 Å². The standard InChI is InChI=1S/C10H12N2/c1-12-6-5-8-3-2-4-10(11)9(8)7-12/h2-4,7,11H,5-6H2,1H3. The molecule has 0 aromatic rings. The predicted octanol–water partition coefficient (Wildman–Crippen LogP) is 1.72. The maximum atomic E-state index is 7.68. The van der Waals surface area contributed by atoms with E-state index in [1.54, 1.807) is 0 Å². The third-order valence-electron chi connectivity index (χ3n) is 2.28. The fourth-order valence-corrected chi connectivity index (χ4v) is 1.57. The molecule has 0 fully saturated rings. The molecule has 0 radical (unpaired) electrons. The number of fused-ring (bicyclic) bond motifs is 1. The molecule has 1 aliphatic heterocycles. The smallest absolute Gasteiger partial charge is 0.0629 e. The second kappa shape index (κ2) is 2.63. The average Bonchev–Trinajstić information content (AvgIpc) is 2.07. The molecule has 1 heterocycles. The van der Waals surface area contributed by atoms with Crippen molar-refractivity contribution in [1.82, 2.24) is 4.90 Å². The van der Waals surface area contributed by atoms with E-state index in [0.717, 1.165) is 18.5 Å². The van der Waals surface area contributed by atoms with E-state index >= 15 is 0 Å². The molecule has 1 N–H and O–H groups in total. The van der Waals surface area contributed by atoms with Crippen LogP contribution in [0.2, 0.25) is 0 Å². The molecule has 0 aromatic heterocycles. The van der Waals surface area contributed by atoms with E-state index in [1.807, 2.05) is 12.2 Å². The van der Waals surface area contributed by atoms with Gasteiger partial charge in [0.25, 0.3) is 0 Å². The van der Waals surface area contributed by atoms with Crippen LogP contribution in [0.15, 0.2) is 35.6 Å². The van der Waals surface area contributed by atoms with E-state index in [-0.39, 0.29) is 0 Å². The summed E-state index contributed by atoms with van der Waals surface area (Å²) >= 11 is 0. The van der Waals surface area contributed by atoms with Gasteiger partial charge in [0.05, 0.1) is 5.71 Å². The van der Waals surface area contributed by atoms with Crippen molar-refractivity contribution in [1.29, 1.82) is 5.41 Å². The molecule has 0 bridgehead atoms. The Morgan fingerprint density at radius 3 is 3.17 bits per heavy atom. The van der Waals surface area contributed by atoms with Crippen molar-refractivity contribution in [3.05, 3.63) is 35.6 Å². The van der Waals surface area contributed by atoms with Crippen LogP contribution in [0.5, 0.6) is 0 Å². The molecule has 12 heavy (non-hydrogen) atoms. The van der Waals surface area contributed by atoms with Crippen molar-refractivity contribution in [3.63, 3.8) is 0 Å². The van der Waals surface area contributed by atoms with Gasteiger partial charge in [-0.3, -0.25) is 0 Å². The van der Waals surface area contributed by atoms with Crippen LogP contribution in [0, 0.1) is 5.41 Å². The fraction of sp³-hybridized carbons (Fsp3) is 0.300. The lowest BCUT2D eigenvalue weighted by atomic mass is 9.92. The lowest BCUT2D eigenvalue weighted by Crippen LogP contribution is -2.22. The number of rotatable bonds is 0. The van der Waals surface area contributed by atoms with Gasteiger partial charge in [-0.05, 0) is 18.1 Å². The summed E-state index contributed by atoms with van der Waals surface area (Å²) in [5.41, 5.74) is 3.03. The summed E-state index contributed by atoms with van der Waals surface area (Å²) in [6.07, 6.45) is 9.03. The molecule has 2 rings (SSSR count). The largest absolute Gasteiger partial charge is 0.380 e. The monoisotopic (exact) mass is 160 g/mol. The predicted molar refractivity (Wildman–Crippen MR) is 50.3 cm³/mol. The lowest BCUT2D eigenvalue weighted by molar-refractivity contribution is 0.446. The van der Waals surface area contributed by atoms with Crippen molar-refractivity contribution in [2.24, 2.45) is 0 Å². The van der Waals surface area contributed by atoms with Gasteiger partial charge >= 0.3 is 0 Å². The van der Waals surface area contributed by atoms with Crippen LogP contribution in [-0.2, 0) is 0 Å². The van der Waals surface area contributed by atoms with Crippen LogP contribution >= 0.6 is 0 Å². The Hall–Kier alpha value is -1.31. The minimum atomic E-state index is 0.638. The summed E-state index contributed by atoms with van der Waals surface area (Å²) in [5.74, 6) is 0. The SMILES string of the molecule is CN1C=C2C(=N)C=CC=C2CC1. The Balaban J connectivity index is 2.41. The number of hydrogen-bond donors (Lipinski definition) is 1. The van der Waals surface area contributed by atoms with Gasteiger partial charge in [0.1, 0.15) is 0 Å². The van der Waals surface area contributed by atoms with E-state index in [2.05, 4.69) is 24.2 Å². The summed E-state index contributed by atoms with van der Waals surface area (Å²) in [6, 6.07) is 0. The van der Waals surface area contributed by atoms with E-state index in [4.69, 9.17) is 5.41 Å². The van der Waals surface area contributed by atoms with E-state index in [0.29, 0.717) is 5.71 Å². The normalized spacial score (nSPS) is 21.8. The van der Waals surface area contributed by atoms with Crippen LogP contribution in [0.4, 0.5) is 0 Å². The first-order valence-electron chi connectivity index (χ1n) is 4.16. The van der Waals surface area contributed by atoms with Gasteiger partial charge in [-0.2, -0.15) is 0 Å². The summed E-state index contributed by atoms with van der Waals surface area (Å²) in [4.78, 5) is 2.14. The van der Waals surface area contributed by atoms with Crippen molar-refractivity contribution >= 4 is 5.71 Å². The molecule has 0 atom stereocenters. The average molecular weight is 160 g/mol. The van der Waals surface area contributed by atoms with Crippen LogP contribution in [0.1, 0.15) is 6.42 Å². The van der Waals surface area contributed by atoms with Gasteiger partial charge in [0, 0.05) is 25.4 Å². The van der Waals surface area contributed by atoms with Crippen LogP contribution in [0.3, 0.4) is 0 Å². The molecule has 0 saturated heterocycles. The lowest BCUT2D eigenvalue weighted by Gasteiger charge is -2.26. The topological polar surface area (TPSA) is 27.1 Å². The summed E-state index contributed by atoms with van der Waals surface area (Å²) in [6.45, 7) is 1.07. The number of hydrogen-bond acceptors (Lipinski definition) is 2. The molecule has 0 aromatic carbocycles. The first-order chi connectivity index (χ1) is 5.77. The maximum Gasteiger partial charge on any atom is 0.0629 e. The van der Waals surface area contributed by atoms with Gasteiger partial charge in [-0.25, -0.2) is 0 Å². The zero-order valence-corrected chi connectivity index (χ0v) is 7.17. The van der Waals surface area contributed by atoms with Gasteiger partial charge in [-0.1, -0.05) is 12.2 Å². The highest BCUT2D eigenvalue weighted by atomic mass is 15.1. The minimum absolute atomic E-state index is 0.638. The van der Waals surface area contributed by atoms with Gasteiger partial charge in [0.15, 0.2) is 0 Å². The van der Waals surface area contributed by atoms with E-state index in [1.165, 1.54) is 5.57 Å². The Labute approximate surface area is 72.4 Å². The van der Waals surface area contributed by atoms with Crippen molar-refractivity contribution in [2.45, 2.75) is 6.42 Å². The molecule has 0 saturated carbocycles. The quantitative estimate of drug-likeness (QED) is 0.574. The maximum absolute atomic E-state index is 7.68. The van der Waals surface area contributed by atoms with E-state index < -0.39 is 0 Å². The second-order valence-corrected chi connectivity index (χ2v) is 3.24. The number of nitrogens with zero attached hydrogens (tertiary/aromatic N) is 1. The number of nitrogens with one attached hydrogen (secondary N) is 1. The van der Waals surface area contributed by atoms with Gasteiger partial charge < -0.3 is 10.3 Å². The zero-order valence-electron chi connectivity index (χ0n) is 7.17. The molecule has 1 aliphatic carbocycles. The van der Waals surface area contributed by atoms with Crippen LogP contribution in [0.25, 0.3) is 0 Å². The highest BCUT2D eigenvalue weighted by Gasteiger charge is 2.16. The first-order valence-corrected chi connectivity index (χ1v) is 4.16. The summed E-state index contributed by atoms with van der Waals surface area (Å²) in [5, 5.41) is 7.68. The second-order valence-electron chi connectivity index (χ2n) is 3.24. The zero-order chi connectivity index (χ0) is 8.55.